The van der Waals surface area contributed by atoms with Gasteiger partial charge in [-0.3, -0.25) is 4.90 Å². The van der Waals surface area contributed by atoms with Crippen molar-refractivity contribution < 1.29 is 0 Å². The smallest absolute Gasteiger partial charge is 0.0367 e. The number of benzene rings is 2. The Bertz CT molecular complexity index is 579. The summed E-state index contributed by atoms with van der Waals surface area (Å²) in [6.07, 6.45) is 1.22. The Morgan fingerprint density at radius 2 is 1.40 bits per heavy atom. The van der Waals surface area contributed by atoms with Crippen LogP contribution in [0.15, 0.2) is 60.7 Å². The Morgan fingerprint density at radius 3 is 2.12 bits per heavy atom. The molecule has 0 aromatic heterocycles. The third kappa shape index (κ3) is 6.07. The predicted octanol–water partition coefficient (Wildman–Crippen LogP) is 2.90. The van der Waals surface area contributed by atoms with E-state index in [1.807, 2.05) is 6.07 Å². The topological polar surface area (TPSA) is 30.5 Å². The fraction of sp³-hybridized carbons (Fsp3) is 0.429. The molecule has 0 spiro atoms. The van der Waals surface area contributed by atoms with Crippen LogP contribution in [0, 0.1) is 0 Å². The molecule has 1 heterocycles. The standard InChI is InChI=1S/C21H30N4/c1-3-8-20(9-4-1)23-14-13-22-12-7-15-24-16-18-25(19-17-24)21-10-5-2-6-11-21/h1-6,8-11,22-23H,7,12-19H2. The second-order valence-corrected chi connectivity index (χ2v) is 6.56. The van der Waals surface area contributed by atoms with Crippen molar-refractivity contribution in [2.75, 3.05) is 62.6 Å². The first-order chi connectivity index (χ1) is 12.4. The number of hydrogen-bond acceptors (Lipinski definition) is 4. The van der Waals surface area contributed by atoms with Gasteiger partial charge in [-0.1, -0.05) is 36.4 Å². The maximum absolute atomic E-state index is 3.53. The van der Waals surface area contributed by atoms with Crippen LogP contribution in [-0.4, -0.2) is 57.3 Å². The summed E-state index contributed by atoms with van der Waals surface area (Å²) in [6, 6.07) is 21.1. The normalized spacial score (nSPS) is 15.3. The zero-order valence-corrected chi connectivity index (χ0v) is 15.0. The molecule has 0 aliphatic carbocycles. The van der Waals surface area contributed by atoms with Crippen molar-refractivity contribution in [1.29, 1.82) is 0 Å². The minimum absolute atomic E-state index is 0.972. The number of nitrogens with zero attached hydrogens (tertiary/aromatic N) is 2. The van der Waals surface area contributed by atoms with Crippen LogP contribution >= 0.6 is 0 Å². The lowest BCUT2D eigenvalue weighted by molar-refractivity contribution is 0.254. The van der Waals surface area contributed by atoms with E-state index in [9.17, 15) is 0 Å². The molecule has 2 N–H and O–H groups in total. The Kier molecular flexibility index (Phi) is 7.16. The molecular formula is C21H30N4. The van der Waals surface area contributed by atoms with Crippen molar-refractivity contribution >= 4 is 11.4 Å². The van der Waals surface area contributed by atoms with Gasteiger partial charge in [-0.05, 0) is 43.8 Å². The van der Waals surface area contributed by atoms with Crippen molar-refractivity contribution in [1.82, 2.24) is 10.2 Å². The minimum Gasteiger partial charge on any atom is -0.384 e. The van der Waals surface area contributed by atoms with Crippen molar-refractivity contribution in [3.63, 3.8) is 0 Å². The molecule has 0 bridgehead atoms. The van der Waals surface area contributed by atoms with Gasteiger partial charge >= 0.3 is 0 Å². The van der Waals surface area contributed by atoms with Crippen molar-refractivity contribution in [3.05, 3.63) is 60.7 Å². The molecule has 1 aliphatic heterocycles. The van der Waals surface area contributed by atoms with E-state index in [4.69, 9.17) is 0 Å². The van der Waals surface area contributed by atoms with Crippen LogP contribution in [0.2, 0.25) is 0 Å². The molecule has 4 nitrogen and oxygen atoms in total. The summed E-state index contributed by atoms with van der Waals surface area (Å²) in [5, 5.41) is 6.96. The van der Waals surface area contributed by atoms with Crippen LogP contribution in [0.5, 0.6) is 0 Å². The average Bonchev–Trinajstić information content (AvgIpc) is 2.69. The fourth-order valence-electron chi connectivity index (χ4n) is 3.27. The highest BCUT2D eigenvalue weighted by Crippen LogP contribution is 2.15. The number of nitrogens with one attached hydrogen (secondary N) is 2. The van der Waals surface area contributed by atoms with E-state index in [-0.39, 0.29) is 0 Å². The van der Waals surface area contributed by atoms with Crippen molar-refractivity contribution in [3.8, 4) is 0 Å². The minimum atomic E-state index is 0.972. The molecule has 0 amide bonds. The maximum Gasteiger partial charge on any atom is 0.0367 e. The van der Waals surface area contributed by atoms with Gasteiger partial charge in [0, 0.05) is 50.6 Å². The van der Waals surface area contributed by atoms with Gasteiger partial charge < -0.3 is 15.5 Å². The molecule has 134 valence electrons. The highest BCUT2D eigenvalue weighted by Gasteiger charge is 2.16. The molecule has 0 unspecified atom stereocenters. The van der Waals surface area contributed by atoms with Gasteiger partial charge in [-0.2, -0.15) is 0 Å². The van der Waals surface area contributed by atoms with Gasteiger partial charge in [0.25, 0.3) is 0 Å². The van der Waals surface area contributed by atoms with Crippen LogP contribution in [0.3, 0.4) is 0 Å². The monoisotopic (exact) mass is 338 g/mol. The lowest BCUT2D eigenvalue weighted by atomic mass is 10.2. The summed E-state index contributed by atoms with van der Waals surface area (Å²) in [5.41, 5.74) is 2.55. The Balaban J connectivity index is 1.21. The van der Waals surface area contributed by atoms with E-state index >= 15 is 0 Å². The number of anilines is 2. The summed E-state index contributed by atoms with van der Waals surface area (Å²) in [6.45, 7) is 8.89. The van der Waals surface area contributed by atoms with E-state index in [1.54, 1.807) is 0 Å². The van der Waals surface area contributed by atoms with Crippen LogP contribution in [0.4, 0.5) is 11.4 Å². The summed E-state index contributed by atoms with van der Waals surface area (Å²) in [4.78, 5) is 5.08. The first-order valence-electron chi connectivity index (χ1n) is 9.44. The molecule has 0 radical (unpaired) electrons. The van der Waals surface area contributed by atoms with E-state index < -0.39 is 0 Å². The molecule has 2 aromatic rings. The molecule has 1 fully saturated rings. The highest BCUT2D eigenvalue weighted by atomic mass is 15.3. The fourth-order valence-corrected chi connectivity index (χ4v) is 3.27. The summed E-state index contributed by atoms with van der Waals surface area (Å²) in [7, 11) is 0. The van der Waals surface area contributed by atoms with E-state index in [2.05, 4.69) is 75.0 Å². The number of piperazine rings is 1. The maximum atomic E-state index is 3.53. The Hall–Kier alpha value is -2.04. The van der Waals surface area contributed by atoms with E-state index in [0.717, 1.165) is 32.7 Å². The molecule has 1 aliphatic rings. The number of para-hydroxylation sites is 2. The number of hydrogen-bond donors (Lipinski definition) is 2. The number of rotatable bonds is 9. The van der Waals surface area contributed by atoms with Gasteiger partial charge in [0.2, 0.25) is 0 Å². The third-order valence-corrected chi connectivity index (χ3v) is 4.73. The predicted molar refractivity (Wildman–Crippen MR) is 108 cm³/mol. The van der Waals surface area contributed by atoms with Crippen LogP contribution in [0.25, 0.3) is 0 Å². The van der Waals surface area contributed by atoms with Gasteiger partial charge in [-0.25, -0.2) is 0 Å². The SMILES string of the molecule is c1ccc(NCCNCCCN2CCN(c3ccccc3)CC2)cc1. The van der Waals surface area contributed by atoms with Crippen molar-refractivity contribution in [2.45, 2.75) is 6.42 Å². The lowest BCUT2D eigenvalue weighted by Gasteiger charge is -2.36. The van der Waals surface area contributed by atoms with Crippen molar-refractivity contribution in [2.24, 2.45) is 0 Å². The molecule has 0 atom stereocenters. The third-order valence-electron chi connectivity index (χ3n) is 4.73. The second-order valence-electron chi connectivity index (χ2n) is 6.56. The molecule has 2 aromatic carbocycles. The van der Waals surface area contributed by atoms with Gasteiger partial charge in [0.15, 0.2) is 0 Å². The van der Waals surface area contributed by atoms with Gasteiger partial charge in [0.1, 0.15) is 0 Å². The average molecular weight is 338 g/mol. The van der Waals surface area contributed by atoms with Crippen LogP contribution in [-0.2, 0) is 0 Å². The van der Waals surface area contributed by atoms with Gasteiger partial charge in [0.05, 0.1) is 0 Å². The first-order valence-corrected chi connectivity index (χ1v) is 9.44. The zero-order chi connectivity index (χ0) is 17.2. The Labute approximate surface area is 151 Å². The molecular weight excluding hydrogens is 308 g/mol. The quantitative estimate of drug-likeness (QED) is 0.688. The van der Waals surface area contributed by atoms with E-state index in [0.29, 0.717) is 0 Å². The van der Waals surface area contributed by atoms with Gasteiger partial charge in [-0.15, -0.1) is 0 Å². The molecule has 4 heteroatoms. The Morgan fingerprint density at radius 1 is 0.720 bits per heavy atom. The molecule has 1 saturated heterocycles. The molecule has 0 saturated carbocycles. The summed E-state index contributed by atoms with van der Waals surface area (Å²) < 4.78 is 0. The zero-order valence-electron chi connectivity index (χ0n) is 15.0. The lowest BCUT2D eigenvalue weighted by Crippen LogP contribution is -2.47. The molecule has 3 rings (SSSR count). The van der Waals surface area contributed by atoms with Crippen LogP contribution < -0.4 is 15.5 Å². The summed E-state index contributed by atoms with van der Waals surface area (Å²) >= 11 is 0. The molecule has 25 heavy (non-hydrogen) atoms. The largest absolute Gasteiger partial charge is 0.384 e. The second kappa shape index (κ2) is 10.1. The highest BCUT2D eigenvalue weighted by molar-refractivity contribution is 5.46. The van der Waals surface area contributed by atoms with E-state index in [1.165, 1.54) is 37.4 Å². The van der Waals surface area contributed by atoms with Crippen LogP contribution in [0.1, 0.15) is 6.42 Å². The first kappa shape index (κ1) is 17.8. The summed E-state index contributed by atoms with van der Waals surface area (Å²) in [5.74, 6) is 0.